The molecule has 2 aliphatic heterocycles. The molecule has 13 nitrogen and oxygen atoms in total. The molecule has 0 spiro atoms. The fourth-order valence-corrected chi connectivity index (χ4v) is 5.76. The summed E-state index contributed by atoms with van der Waals surface area (Å²) >= 11 is 7.81. The van der Waals surface area contributed by atoms with Crippen molar-refractivity contribution in [3.05, 3.63) is 63.1 Å². The number of halogens is 1. The highest BCUT2D eigenvalue weighted by Gasteiger charge is 2.31. The Morgan fingerprint density at radius 2 is 1.93 bits per heavy atom. The predicted molar refractivity (Wildman–Crippen MR) is 173 cm³/mol. The van der Waals surface area contributed by atoms with Gasteiger partial charge in [0, 0.05) is 56.2 Å². The van der Waals surface area contributed by atoms with Crippen LogP contribution in [-0.4, -0.2) is 93.1 Å². The number of aliphatic hydroxyl groups excluding tert-OH is 1. The summed E-state index contributed by atoms with van der Waals surface area (Å²) in [5.41, 5.74) is 1.43. The maximum absolute atomic E-state index is 13.3. The number of benzene rings is 1. The lowest BCUT2D eigenvalue weighted by Gasteiger charge is -2.26. The number of aromatic nitrogens is 3. The zero-order valence-corrected chi connectivity index (χ0v) is 27.6. The van der Waals surface area contributed by atoms with Gasteiger partial charge in [-0.2, -0.15) is 11.3 Å². The Bertz CT molecular complexity index is 1500. The van der Waals surface area contributed by atoms with E-state index in [-0.39, 0.29) is 35.5 Å². The van der Waals surface area contributed by atoms with Crippen LogP contribution in [0.5, 0.6) is 5.75 Å². The standard InChI is InChI=1S/C31H40ClN7O6S/c1-19(2)15-25-29(42)33-9-12-38(31(44)22-8-14-46-18-22)11-7-23-17-39(37-36-23)10-4-13-45-26-6-5-21(16-24(26)32)28(41)35-27(20(3)40)30(43)34-25/h5-6,8,14,16-20,25,27,40H,4,7,9-13,15H2,1-3H3,(H,33,42)(H,34,43)(H,35,41)/t20-,25-,27+/m1/s1. The summed E-state index contributed by atoms with van der Waals surface area (Å²) in [5.74, 6) is -1.54. The molecule has 2 aromatic heterocycles. The Morgan fingerprint density at radius 3 is 2.63 bits per heavy atom. The fraction of sp³-hybridized carbons (Fsp3) is 0.484. The van der Waals surface area contributed by atoms with E-state index >= 15 is 0 Å². The number of amides is 4. The number of aryl methyl sites for hydroxylation is 1. The molecule has 0 radical (unpaired) electrons. The zero-order chi connectivity index (χ0) is 33.2. The lowest BCUT2D eigenvalue weighted by Crippen LogP contribution is -2.57. The van der Waals surface area contributed by atoms with Gasteiger partial charge in [0.1, 0.15) is 17.8 Å². The van der Waals surface area contributed by atoms with Crippen LogP contribution < -0.4 is 20.7 Å². The maximum Gasteiger partial charge on any atom is 0.254 e. The first kappa shape index (κ1) is 34.9. The molecule has 0 unspecified atom stereocenters. The average Bonchev–Trinajstić information content (AvgIpc) is 3.71. The molecule has 2 aliphatic rings. The average molecular weight is 674 g/mol. The SMILES string of the molecule is CC(C)C[C@H]1NC(=O)[C@H]([C@@H](C)O)NC(=O)c2ccc(c(Cl)c2)OCCCn2cc(nn2)CCN(C(=O)c2ccsc2)CCNC1=O. The third kappa shape index (κ3) is 9.74. The Kier molecular flexibility index (Phi) is 12.5. The van der Waals surface area contributed by atoms with Crippen LogP contribution in [0.3, 0.4) is 0 Å². The molecule has 4 amide bonds. The van der Waals surface area contributed by atoms with E-state index in [1.165, 1.54) is 30.4 Å². The van der Waals surface area contributed by atoms with Crippen molar-refractivity contribution in [2.75, 3.05) is 26.2 Å². The minimum Gasteiger partial charge on any atom is -0.492 e. The van der Waals surface area contributed by atoms with E-state index in [1.54, 1.807) is 27.1 Å². The van der Waals surface area contributed by atoms with Gasteiger partial charge in [-0.05, 0) is 48.9 Å². The van der Waals surface area contributed by atoms with Gasteiger partial charge in [0.05, 0.1) is 29.0 Å². The van der Waals surface area contributed by atoms with Crippen LogP contribution in [0.1, 0.15) is 60.0 Å². The second-order valence-electron chi connectivity index (χ2n) is 11.5. The quantitative estimate of drug-likeness (QED) is 0.306. The van der Waals surface area contributed by atoms with Gasteiger partial charge in [0.25, 0.3) is 11.8 Å². The van der Waals surface area contributed by atoms with E-state index < -0.39 is 35.9 Å². The van der Waals surface area contributed by atoms with Crippen molar-refractivity contribution in [2.45, 2.75) is 64.8 Å². The van der Waals surface area contributed by atoms with Gasteiger partial charge < -0.3 is 30.7 Å². The van der Waals surface area contributed by atoms with Gasteiger partial charge in [0.15, 0.2) is 0 Å². The molecule has 248 valence electrons. The summed E-state index contributed by atoms with van der Waals surface area (Å²) in [4.78, 5) is 54.7. The van der Waals surface area contributed by atoms with Crippen LogP contribution in [0, 0.1) is 5.92 Å². The second-order valence-corrected chi connectivity index (χ2v) is 12.7. The third-order valence-electron chi connectivity index (χ3n) is 7.33. The van der Waals surface area contributed by atoms with E-state index in [2.05, 4.69) is 26.3 Å². The molecule has 4 bridgehead atoms. The van der Waals surface area contributed by atoms with Crippen LogP contribution in [0.15, 0.2) is 41.2 Å². The Balaban J connectivity index is 1.57. The normalized spacial score (nSPS) is 19.9. The molecule has 3 aromatic rings. The number of hydrogen-bond donors (Lipinski definition) is 4. The van der Waals surface area contributed by atoms with Crippen LogP contribution >= 0.6 is 22.9 Å². The first-order valence-electron chi connectivity index (χ1n) is 15.2. The first-order chi connectivity index (χ1) is 22.0. The molecule has 4 heterocycles. The number of aliphatic hydroxyl groups is 1. The van der Waals surface area contributed by atoms with Crippen molar-refractivity contribution in [2.24, 2.45) is 5.92 Å². The highest BCUT2D eigenvalue weighted by atomic mass is 35.5. The van der Waals surface area contributed by atoms with Crippen LogP contribution in [0.4, 0.5) is 0 Å². The largest absolute Gasteiger partial charge is 0.492 e. The number of nitrogens with zero attached hydrogens (tertiary/aromatic N) is 4. The molecule has 1 aromatic carbocycles. The van der Waals surface area contributed by atoms with E-state index in [0.717, 1.165) is 0 Å². The molecule has 46 heavy (non-hydrogen) atoms. The Hall–Kier alpha value is -4.01. The number of carbonyl (C=O) groups excluding carboxylic acids is 4. The number of hydrogen-bond acceptors (Lipinski definition) is 9. The van der Waals surface area contributed by atoms with Crippen molar-refractivity contribution >= 4 is 46.6 Å². The third-order valence-corrected chi connectivity index (χ3v) is 8.31. The van der Waals surface area contributed by atoms with Gasteiger partial charge in [0.2, 0.25) is 11.8 Å². The van der Waals surface area contributed by atoms with Crippen LogP contribution in [0.2, 0.25) is 5.02 Å². The highest BCUT2D eigenvalue weighted by molar-refractivity contribution is 7.08. The monoisotopic (exact) mass is 673 g/mol. The lowest BCUT2D eigenvalue weighted by atomic mass is 10.0. The van der Waals surface area contributed by atoms with E-state index in [9.17, 15) is 24.3 Å². The molecular weight excluding hydrogens is 634 g/mol. The molecule has 0 saturated carbocycles. The summed E-state index contributed by atoms with van der Waals surface area (Å²) in [6.45, 7) is 6.77. The molecular formula is C31H40ClN7O6S. The molecule has 4 N–H and O–H groups in total. The van der Waals surface area contributed by atoms with Gasteiger partial charge in [-0.25, -0.2) is 0 Å². The molecule has 0 aliphatic carbocycles. The highest BCUT2D eigenvalue weighted by Crippen LogP contribution is 2.26. The van der Waals surface area contributed by atoms with E-state index in [4.69, 9.17) is 16.3 Å². The second kappa shape index (κ2) is 16.5. The summed E-state index contributed by atoms with van der Waals surface area (Å²) in [6, 6.07) is 3.96. The summed E-state index contributed by atoms with van der Waals surface area (Å²) in [6.07, 6.45) is 1.93. The molecule has 3 atom stereocenters. The van der Waals surface area contributed by atoms with Crippen molar-refractivity contribution in [1.29, 1.82) is 0 Å². The van der Waals surface area contributed by atoms with E-state index in [1.807, 2.05) is 25.4 Å². The number of thiophene rings is 1. The predicted octanol–water partition coefficient (Wildman–Crippen LogP) is 2.29. The van der Waals surface area contributed by atoms with Gasteiger partial charge in [-0.3, -0.25) is 23.9 Å². The summed E-state index contributed by atoms with van der Waals surface area (Å²) < 4.78 is 7.51. The van der Waals surface area contributed by atoms with Crippen LogP contribution in [-0.2, 0) is 22.6 Å². The van der Waals surface area contributed by atoms with Crippen molar-refractivity contribution in [3.8, 4) is 5.75 Å². The van der Waals surface area contributed by atoms with Crippen molar-refractivity contribution in [3.63, 3.8) is 0 Å². The number of ether oxygens (including phenoxy) is 1. The van der Waals surface area contributed by atoms with Crippen molar-refractivity contribution < 1.29 is 29.0 Å². The van der Waals surface area contributed by atoms with Crippen LogP contribution in [0.25, 0.3) is 0 Å². The topological polar surface area (TPSA) is 168 Å². The van der Waals surface area contributed by atoms with E-state index in [0.29, 0.717) is 56.0 Å². The summed E-state index contributed by atoms with van der Waals surface area (Å²) in [5, 5.41) is 30.7. The number of rotatable bonds is 4. The number of fused-ring (bicyclic) bond motifs is 17. The first-order valence-corrected chi connectivity index (χ1v) is 16.5. The fourth-order valence-electron chi connectivity index (χ4n) is 4.89. The molecule has 0 fully saturated rings. The zero-order valence-electron chi connectivity index (χ0n) is 26.1. The van der Waals surface area contributed by atoms with Gasteiger partial charge >= 0.3 is 0 Å². The Labute approximate surface area is 276 Å². The molecule has 5 rings (SSSR count). The summed E-state index contributed by atoms with van der Waals surface area (Å²) in [7, 11) is 0. The van der Waals surface area contributed by atoms with Gasteiger partial charge in [-0.15, -0.1) is 5.10 Å². The number of nitrogens with one attached hydrogen (secondary N) is 3. The molecule has 15 heteroatoms. The maximum atomic E-state index is 13.3. The lowest BCUT2D eigenvalue weighted by molar-refractivity contribution is -0.131. The van der Waals surface area contributed by atoms with Crippen molar-refractivity contribution in [1.82, 2.24) is 35.8 Å². The Morgan fingerprint density at radius 1 is 1.13 bits per heavy atom. The minimum absolute atomic E-state index is 0.0374. The smallest absolute Gasteiger partial charge is 0.254 e. The number of carbonyl (C=O) groups is 4. The minimum atomic E-state index is -1.34. The van der Waals surface area contributed by atoms with Gasteiger partial charge in [-0.1, -0.05) is 30.7 Å². The molecule has 0 saturated heterocycles.